The third-order valence-corrected chi connectivity index (χ3v) is 5.40. The molecular formula is C21H30N6O2. The summed E-state index contributed by atoms with van der Waals surface area (Å²) in [4.78, 5) is 17.1. The normalized spacial score (nSPS) is 17.0. The Morgan fingerprint density at radius 1 is 1.31 bits per heavy atom. The molecule has 3 rings (SSSR count). The van der Waals surface area contributed by atoms with Gasteiger partial charge in [-0.05, 0) is 49.1 Å². The maximum atomic E-state index is 10.7. The molecule has 1 aliphatic heterocycles. The molecule has 2 heterocycles. The van der Waals surface area contributed by atoms with Gasteiger partial charge in [-0.15, -0.1) is 0 Å². The Morgan fingerprint density at radius 3 is 2.76 bits per heavy atom. The minimum Gasteiger partial charge on any atom is -0.356 e. The molecule has 156 valence electrons. The molecule has 0 radical (unpaired) electrons. The number of unbranched alkanes of at least 4 members (excludes halogenated alkanes) is 1. The fourth-order valence-corrected chi connectivity index (χ4v) is 3.87. The van der Waals surface area contributed by atoms with Gasteiger partial charge in [-0.1, -0.05) is 12.1 Å². The second-order valence-electron chi connectivity index (χ2n) is 7.68. The average Bonchev–Trinajstić information content (AvgIpc) is 3.34. The third kappa shape index (κ3) is 6.04. The number of benzene rings is 1. The van der Waals surface area contributed by atoms with E-state index in [1.54, 1.807) is 12.1 Å². The maximum Gasteiger partial charge on any atom is 0.269 e. The summed E-state index contributed by atoms with van der Waals surface area (Å²) in [6.07, 6.45) is 9.29. The first kappa shape index (κ1) is 20.8. The zero-order valence-corrected chi connectivity index (χ0v) is 17.3. The van der Waals surface area contributed by atoms with Crippen LogP contribution < -0.4 is 5.32 Å². The Hall–Kier alpha value is -2.90. The number of nitro benzene ring substituents is 1. The van der Waals surface area contributed by atoms with E-state index in [1.807, 2.05) is 37.1 Å². The summed E-state index contributed by atoms with van der Waals surface area (Å²) in [5.74, 6) is 1.62. The fraction of sp³-hybridized carbons (Fsp3) is 0.524. The number of aryl methyl sites for hydroxylation is 2. The zero-order chi connectivity index (χ0) is 20.6. The Morgan fingerprint density at radius 2 is 2.10 bits per heavy atom. The molecule has 0 saturated carbocycles. The van der Waals surface area contributed by atoms with E-state index in [0.717, 1.165) is 56.8 Å². The van der Waals surface area contributed by atoms with Crippen molar-refractivity contribution in [3.8, 4) is 0 Å². The SMILES string of the molecule is CN=C(NCCCCc1ccc([N+](=O)[O-])cc1)N1CCC(Cc2cnn(C)c2)C1. The first-order valence-corrected chi connectivity index (χ1v) is 10.2. The predicted molar refractivity (Wildman–Crippen MR) is 114 cm³/mol. The number of aromatic nitrogens is 2. The van der Waals surface area contributed by atoms with Crippen LogP contribution in [0.3, 0.4) is 0 Å². The number of aliphatic imine (C=N–C) groups is 1. The van der Waals surface area contributed by atoms with E-state index >= 15 is 0 Å². The molecule has 1 atom stereocenters. The van der Waals surface area contributed by atoms with Crippen LogP contribution >= 0.6 is 0 Å². The molecule has 8 heteroatoms. The molecule has 1 saturated heterocycles. The number of guanidine groups is 1. The molecule has 0 amide bonds. The topological polar surface area (TPSA) is 88.6 Å². The highest BCUT2D eigenvalue weighted by Gasteiger charge is 2.25. The molecule has 1 aromatic carbocycles. The van der Waals surface area contributed by atoms with Crippen molar-refractivity contribution < 1.29 is 4.92 Å². The van der Waals surface area contributed by atoms with Gasteiger partial charge in [-0.2, -0.15) is 5.10 Å². The van der Waals surface area contributed by atoms with Gasteiger partial charge < -0.3 is 10.2 Å². The zero-order valence-electron chi connectivity index (χ0n) is 17.3. The van der Waals surface area contributed by atoms with Gasteiger partial charge >= 0.3 is 0 Å². The summed E-state index contributed by atoms with van der Waals surface area (Å²) in [7, 11) is 3.80. The molecule has 1 unspecified atom stereocenters. The van der Waals surface area contributed by atoms with Crippen LogP contribution in [0.2, 0.25) is 0 Å². The lowest BCUT2D eigenvalue weighted by Gasteiger charge is -2.21. The molecule has 8 nitrogen and oxygen atoms in total. The van der Waals surface area contributed by atoms with Crippen molar-refractivity contribution in [2.45, 2.75) is 32.1 Å². The lowest BCUT2D eigenvalue weighted by Crippen LogP contribution is -2.40. The number of hydrogen-bond donors (Lipinski definition) is 1. The van der Waals surface area contributed by atoms with E-state index in [2.05, 4.69) is 26.5 Å². The quantitative estimate of drug-likeness (QED) is 0.243. The van der Waals surface area contributed by atoms with Gasteiger partial charge in [0.1, 0.15) is 0 Å². The maximum absolute atomic E-state index is 10.7. The summed E-state index contributed by atoms with van der Waals surface area (Å²) >= 11 is 0. The number of hydrogen-bond acceptors (Lipinski definition) is 4. The first-order chi connectivity index (χ1) is 14.0. The van der Waals surface area contributed by atoms with Crippen LogP contribution in [-0.4, -0.2) is 52.2 Å². The van der Waals surface area contributed by atoms with E-state index in [0.29, 0.717) is 5.92 Å². The van der Waals surface area contributed by atoms with E-state index < -0.39 is 0 Å². The van der Waals surface area contributed by atoms with E-state index in [4.69, 9.17) is 0 Å². The smallest absolute Gasteiger partial charge is 0.269 e. The van der Waals surface area contributed by atoms with Gasteiger partial charge in [-0.3, -0.25) is 19.8 Å². The minimum absolute atomic E-state index is 0.145. The third-order valence-electron chi connectivity index (χ3n) is 5.40. The fourth-order valence-electron chi connectivity index (χ4n) is 3.87. The second-order valence-corrected chi connectivity index (χ2v) is 7.68. The number of nitrogens with zero attached hydrogens (tertiary/aromatic N) is 5. The lowest BCUT2D eigenvalue weighted by atomic mass is 10.0. The molecule has 2 aromatic rings. The molecule has 1 aliphatic rings. The summed E-state index contributed by atoms with van der Waals surface area (Å²) < 4.78 is 1.86. The van der Waals surface area contributed by atoms with Crippen LogP contribution in [-0.2, 0) is 19.9 Å². The first-order valence-electron chi connectivity index (χ1n) is 10.2. The van der Waals surface area contributed by atoms with Crippen molar-refractivity contribution in [1.82, 2.24) is 20.0 Å². The van der Waals surface area contributed by atoms with E-state index in [-0.39, 0.29) is 10.6 Å². The van der Waals surface area contributed by atoms with Crippen molar-refractivity contribution in [2.75, 3.05) is 26.7 Å². The van der Waals surface area contributed by atoms with Gasteiger partial charge in [0.05, 0.1) is 11.1 Å². The van der Waals surface area contributed by atoms with Crippen LogP contribution in [0.1, 0.15) is 30.4 Å². The Bertz CT molecular complexity index is 830. The highest BCUT2D eigenvalue weighted by Crippen LogP contribution is 2.20. The van der Waals surface area contributed by atoms with Crippen molar-refractivity contribution in [3.05, 3.63) is 57.9 Å². The number of non-ortho nitro benzene ring substituents is 1. The molecule has 1 fully saturated rings. The van der Waals surface area contributed by atoms with Crippen LogP contribution in [0.5, 0.6) is 0 Å². The number of nitro groups is 1. The molecule has 1 aromatic heterocycles. The van der Waals surface area contributed by atoms with Crippen LogP contribution in [0.15, 0.2) is 41.7 Å². The van der Waals surface area contributed by atoms with Crippen LogP contribution in [0.4, 0.5) is 5.69 Å². The summed E-state index contributed by atoms with van der Waals surface area (Å²) in [6, 6.07) is 6.84. The molecule has 29 heavy (non-hydrogen) atoms. The van der Waals surface area contributed by atoms with Gasteiger partial charge in [0.25, 0.3) is 5.69 Å². The lowest BCUT2D eigenvalue weighted by molar-refractivity contribution is -0.384. The average molecular weight is 399 g/mol. The number of likely N-dealkylation sites (tertiary alicyclic amines) is 1. The largest absolute Gasteiger partial charge is 0.356 e. The van der Waals surface area contributed by atoms with Gasteiger partial charge in [-0.25, -0.2) is 0 Å². The van der Waals surface area contributed by atoms with Crippen molar-refractivity contribution in [1.29, 1.82) is 0 Å². The standard InChI is InChI=1S/C21H30N6O2/c1-22-21(26-12-10-18(16-26)13-19-14-24-25(2)15-19)23-11-4-3-5-17-6-8-20(9-7-17)27(28)29/h6-9,14-15,18H,3-5,10-13,16H2,1-2H3,(H,22,23). The Balaban J connectivity index is 1.35. The summed E-state index contributed by atoms with van der Waals surface area (Å²) in [5.41, 5.74) is 2.58. The number of rotatable bonds is 8. The van der Waals surface area contributed by atoms with Crippen molar-refractivity contribution >= 4 is 11.6 Å². The summed E-state index contributed by atoms with van der Waals surface area (Å²) in [5, 5.41) is 18.4. The molecule has 1 N–H and O–H groups in total. The minimum atomic E-state index is -0.362. The molecule has 0 bridgehead atoms. The van der Waals surface area contributed by atoms with Crippen molar-refractivity contribution in [2.24, 2.45) is 18.0 Å². The Kier molecular flexibility index (Phi) is 7.21. The number of nitrogens with one attached hydrogen (secondary N) is 1. The van der Waals surface area contributed by atoms with E-state index in [9.17, 15) is 10.1 Å². The molecule has 0 aliphatic carbocycles. The summed E-state index contributed by atoms with van der Waals surface area (Å²) in [6.45, 7) is 2.94. The molecular weight excluding hydrogens is 368 g/mol. The van der Waals surface area contributed by atoms with Crippen LogP contribution in [0.25, 0.3) is 0 Å². The van der Waals surface area contributed by atoms with Gasteiger partial charge in [0.2, 0.25) is 0 Å². The van der Waals surface area contributed by atoms with Gasteiger partial charge in [0, 0.05) is 52.1 Å². The monoisotopic (exact) mass is 398 g/mol. The van der Waals surface area contributed by atoms with Gasteiger partial charge in [0.15, 0.2) is 5.96 Å². The molecule has 0 spiro atoms. The van der Waals surface area contributed by atoms with Crippen LogP contribution in [0, 0.1) is 16.0 Å². The Labute approximate surface area is 171 Å². The predicted octanol–water partition coefficient (Wildman–Crippen LogP) is 2.79. The highest BCUT2D eigenvalue weighted by molar-refractivity contribution is 5.80. The highest BCUT2D eigenvalue weighted by atomic mass is 16.6. The second kappa shape index (κ2) is 10.0. The van der Waals surface area contributed by atoms with E-state index in [1.165, 1.54) is 12.0 Å². The van der Waals surface area contributed by atoms with Crippen molar-refractivity contribution in [3.63, 3.8) is 0 Å².